The first-order chi connectivity index (χ1) is 7.33. The predicted molar refractivity (Wildman–Crippen MR) is 51.9 cm³/mol. The number of hydrogen-bond acceptors (Lipinski definition) is 4. The van der Waals surface area contributed by atoms with Gasteiger partial charge in [-0.15, -0.1) is 0 Å². The Morgan fingerprint density at radius 2 is 2.47 bits per heavy atom. The second-order valence-electron chi connectivity index (χ2n) is 3.09. The van der Waals surface area contributed by atoms with E-state index in [4.69, 9.17) is 9.78 Å². The summed E-state index contributed by atoms with van der Waals surface area (Å²) in [5.74, 6) is 1.22. The van der Waals surface area contributed by atoms with E-state index in [-0.39, 0.29) is 0 Å². The van der Waals surface area contributed by atoms with Crippen LogP contribution in [0.5, 0.6) is 0 Å². The molecule has 0 aliphatic rings. The van der Waals surface area contributed by atoms with Crippen molar-refractivity contribution in [3.8, 4) is 6.07 Å². The Morgan fingerprint density at radius 3 is 3.13 bits per heavy atom. The highest BCUT2D eigenvalue weighted by molar-refractivity contribution is 5.22. The fourth-order valence-electron chi connectivity index (χ4n) is 1.30. The van der Waals surface area contributed by atoms with Crippen molar-refractivity contribution in [2.24, 2.45) is 0 Å². The molecule has 15 heavy (non-hydrogen) atoms. The average molecular weight is 202 g/mol. The average Bonchev–Trinajstić information content (AvgIpc) is 2.87. The summed E-state index contributed by atoms with van der Waals surface area (Å²) in [4.78, 5) is 4.17. The molecule has 0 radical (unpaired) electrons. The summed E-state index contributed by atoms with van der Waals surface area (Å²) in [6.07, 6.45) is 2.56. The maximum atomic E-state index is 8.80. The first kappa shape index (κ1) is 9.46. The van der Waals surface area contributed by atoms with Crippen molar-refractivity contribution in [1.82, 2.24) is 14.7 Å². The number of nitriles is 1. The molecule has 0 N–H and O–H groups in total. The van der Waals surface area contributed by atoms with Crippen LogP contribution in [0.25, 0.3) is 0 Å². The third-order valence-electron chi connectivity index (χ3n) is 2.08. The van der Waals surface area contributed by atoms with Crippen LogP contribution in [0, 0.1) is 11.3 Å². The van der Waals surface area contributed by atoms with E-state index in [0.29, 0.717) is 24.0 Å². The van der Waals surface area contributed by atoms with Crippen molar-refractivity contribution in [1.29, 1.82) is 5.26 Å². The highest BCUT2D eigenvalue weighted by Crippen LogP contribution is 2.05. The maximum absolute atomic E-state index is 8.80. The molecule has 2 heterocycles. The number of rotatable bonds is 3. The van der Waals surface area contributed by atoms with Gasteiger partial charge in [-0.2, -0.15) is 10.2 Å². The minimum atomic E-state index is 0.447. The highest BCUT2D eigenvalue weighted by Gasteiger charge is 2.07. The zero-order chi connectivity index (χ0) is 10.7. The number of aryl methyl sites for hydroxylation is 1. The summed E-state index contributed by atoms with van der Waals surface area (Å²) >= 11 is 0. The van der Waals surface area contributed by atoms with Gasteiger partial charge in [-0.1, -0.05) is 12.1 Å². The molecule has 2 aromatic heterocycles. The topological polar surface area (TPSA) is 67.6 Å². The molecule has 0 aliphatic carbocycles. The van der Waals surface area contributed by atoms with E-state index in [9.17, 15) is 0 Å². The predicted octanol–water partition coefficient (Wildman–Crippen LogP) is 1.35. The van der Waals surface area contributed by atoms with Crippen LogP contribution >= 0.6 is 0 Å². The first-order valence-corrected chi connectivity index (χ1v) is 4.70. The number of nitrogens with zero attached hydrogens (tertiary/aromatic N) is 4. The summed E-state index contributed by atoms with van der Waals surface area (Å²) < 4.78 is 6.81. The minimum absolute atomic E-state index is 0.447. The van der Waals surface area contributed by atoms with Crippen molar-refractivity contribution in [2.45, 2.75) is 19.9 Å². The summed E-state index contributed by atoms with van der Waals surface area (Å²) in [5.41, 5.74) is 0.589. The SMILES string of the molecule is CCc1noc(Cn2cccc2C#N)n1. The van der Waals surface area contributed by atoms with Crippen molar-refractivity contribution in [3.05, 3.63) is 35.7 Å². The van der Waals surface area contributed by atoms with Gasteiger partial charge in [-0.3, -0.25) is 0 Å². The zero-order valence-electron chi connectivity index (χ0n) is 8.34. The molecular formula is C10H10N4O. The fourth-order valence-corrected chi connectivity index (χ4v) is 1.30. The smallest absolute Gasteiger partial charge is 0.246 e. The molecule has 0 amide bonds. The Bertz CT molecular complexity index is 491. The van der Waals surface area contributed by atoms with E-state index < -0.39 is 0 Å². The molecule has 0 saturated heterocycles. The molecule has 0 saturated carbocycles. The van der Waals surface area contributed by atoms with Crippen LogP contribution in [0.15, 0.2) is 22.9 Å². The fraction of sp³-hybridized carbons (Fsp3) is 0.300. The summed E-state index contributed by atoms with van der Waals surface area (Å²) in [6.45, 7) is 2.41. The van der Waals surface area contributed by atoms with Gasteiger partial charge in [0.1, 0.15) is 18.3 Å². The summed E-state index contributed by atoms with van der Waals surface area (Å²) in [7, 11) is 0. The van der Waals surface area contributed by atoms with Gasteiger partial charge in [-0.25, -0.2) is 0 Å². The van der Waals surface area contributed by atoms with E-state index in [0.717, 1.165) is 6.42 Å². The molecule has 0 bridgehead atoms. The molecule has 0 fully saturated rings. The van der Waals surface area contributed by atoms with Gasteiger partial charge < -0.3 is 9.09 Å². The Labute approximate surface area is 86.9 Å². The molecule has 0 spiro atoms. The largest absolute Gasteiger partial charge is 0.337 e. The van der Waals surface area contributed by atoms with Crippen molar-refractivity contribution in [3.63, 3.8) is 0 Å². The molecule has 5 heteroatoms. The van der Waals surface area contributed by atoms with Crippen LogP contribution in [0.4, 0.5) is 0 Å². The molecule has 0 aliphatic heterocycles. The minimum Gasteiger partial charge on any atom is -0.337 e. The van der Waals surface area contributed by atoms with Gasteiger partial charge >= 0.3 is 0 Å². The Kier molecular flexibility index (Phi) is 2.50. The lowest BCUT2D eigenvalue weighted by atomic mass is 10.4. The Hall–Kier alpha value is -2.09. The molecule has 0 atom stereocenters. The molecule has 0 unspecified atom stereocenters. The summed E-state index contributed by atoms with van der Waals surface area (Å²) in [6, 6.07) is 5.65. The van der Waals surface area contributed by atoms with Crippen LogP contribution in [-0.4, -0.2) is 14.7 Å². The van der Waals surface area contributed by atoms with Crippen molar-refractivity contribution < 1.29 is 4.52 Å². The van der Waals surface area contributed by atoms with E-state index in [1.165, 1.54) is 0 Å². The highest BCUT2D eigenvalue weighted by atomic mass is 16.5. The van der Waals surface area contributed by atoms with E-state index in [2.05, 4.69) is 16.2 Å². The normalized spacial score (nSPS) is 10.1. The standard InChI is InChI=1S/C10H10N4O/c1-2-9-12-10(15-13-9)7-14-5-3-4-8(14)6-11/h3-5H,2,7H2,1H3. The number of aromatic nitrogens is 3. The van der Waals surface area contributed by atoms with E-state index >= 15 is 0 Å². The molecule has 76 valence electrons. The van der Waals surface area contributed by atoms with E-state index in [1.54, 1.807) is 10.6 Å². The molecule has 2 aromatic rings. The lowest BCUT2D eigenvalue weighted by molar-refractivity contribution is 0.366. The molecule has 5 nitrogen and oxygen atoms in total. The van der Waals surface area contributed by atoms with Gasteiger partial charge in [0.25, 0.3) is 0 Å². The van der Waals surface area contributed by atoms with Crippen LogP contribution in [0.2, 0.25) is 0 Å². The second kappa shape index (κ2) is 3.96. The van der Waals surface area contributed by atoms with Gasteiger partial charge in [0.15, 0.2) is 5.82 Å². The van der Waals surface area contributed by atoms with E-state index in [1.807, 2.05) is 19.2 Å². The molecule has 0 aromatic carbocycles. The van der Waals surface area contributed by atoms with Crippen LogP contribution < -0.4 is 0 Å². The summed E-state index contributed by atoms with van der Waals surface area (Å²) in [5, 5.41) is 12.6. The van der Waals surface area contributed by atoms with Crippen LogP contribution in [0.3, 0.4) is 0 Å². The van der Waals surface area contributed by atoms with Crippen LogP contribution in [0.1, 0.15) is 24.3 Å². The molecule has 2 rings (SSSR count). The zero-order valence-corrected chi connectivity index (χ0v) is 8.34. The van der Waals surface area contributed by atoms with Crippen molar-refractivity contribution >= 4 is 0 Å². The third-order valence-corrected chi connectivity index (χ3v) is 2.08. The van der Waals surface area contributed by atoms with Gasteiger partial charge in [0, 0.05) is 12.6 Å². The quantitative estimate of drug-likeness (QED) is 0.753. The van der Waals surface area contributed by atoms with Gasteiger partial charge in [-0.05, 0) is 12.1 Å². The Morgan fingerprint density at radius 1 is 1.60 bits per heavy atom. The van der Waals surface area contributed by atoms with Gasteiger partial charge in [0.05, 0.1) is 0 Å². The lowest BCUT2D eigenvalue weighted by Gasteiger charge is -1.98. The third kappa shape index (κ3) is 1.89. The lowest BCUT2D eigenvalue weighted by Crippen LogP contribution is -2.00. The Balaban J connectivity index is 2.19. The first-order valence-electron chi connectivity index (χ1n) is 4.70. The second-order valence-corrected chi connectivity index (χ2v) is 3.09. The van der Waals surface area contributed by atoms with Crippen molar-refractivity contribution in [2.75, 3.05) is 0 Å². The monoisotopic (exact) mass is 202 g/mol. The van der Waals surface area contributed by atoms with Gasteiger partial charge in [0.2, 0.25) is 5.89 Å². The maximum Gasteiger partial charge on any atom is 0.246 e. The van der Waals surface area contributed by atoms with Crippen LogP contribution in [-0.2, 0) is 13.0 Å². The molecular weight excluding hydrogens is 192 g/mol. The number of hydrogen-bond donors (Lipinski definition) is 0.